The molecule has 5 nitrogen and oxygen atoms in total. The summed E-state index contributed by atoms with van der Waals surface area (Å²) < 4.78 is 37.6. The Morgan fingerprint density at radius 2 is 1.65 bits per heavy atom. The third kappa shape index (κ3) is 4.24. The van der Waals surface area contributed by atoms with Crippen LogP contribution in [-0.2, 0) is 16.4 Å². The van der Waals surface area contributed by atoms with Gasteiger partial charge in [0.25, 0.3) is 0 Å². The molecule has 0 bridgehead atoms. The van der Waals surface area contributed by atoms with Crippen LogP contribution in [-0.4, -0.2) is 29.2 Å². The summed E-state index contributed by atoms with van der Waals surface area (Å²) in [5, 5.41) is 0. The van der Waals surface area contributed by atoms with Crippen molar-refractivity contribution in [1.29, 1.82) is 0 Å². The molecule has 0 amide bonds. The quantitative estimate of drug-likeness (QED) is 0.844. The van der Waals surface area contributed by atoms with Gasteiger partial charge in [0.1, 0.15) is 11.5 Å². The molecule has 0 aliphatic rings. The fourth-order valence-corrected chi connectivity index (χ4v) is 3.36. The summed E-state index contributed by atoms with van der Waals surface area (Å²) in [5.41, 5.74) is 1.86. The molecule has 0 radical (unpaired) electrons. The molecule has 0 unspecified atom stereocenters. The van der Waals surface area contributed by atoms with Gasteiger partial charge in [-0.2, -0.15) is 0 Å². The van der Waals surface area contributed by atoms with Crippen LogP contribution < -0.4 is 14.2 Å². The zero-order chi connectivity index (χ0) is 16.9. The highest BCUT2D eigenvalue weighted by Crippen LogP contribution is 2.28. The second-order valence-corrected chi connectivity index (χ2v) is 6.86. The number of sulfonamides is 1. The summed E-state index contributed by atoms with van der Waals surface area (Å²) in [7, 11) is -0.292. The molecule has 0 fully saturated rings. The number of aryl methyl sites for hydroxylation is 1. The zero-order valence-corrected chi connectivity index (χ0v) is 14.3. The van der Waals surface area contributed by atoms with Gasteiger partial charge >= 0.3 is 0 Å². The summed E-state index contributed by atoms with van der Waals surface area (Å²) in [6.07, 6.45) is 0.506. The Hall–Kier alpha value is -2.05. The average Bonchev–Trinajstić information content (AvgIpc) is 2.56. The minimum absolute atomic E-state index is 0.258. The topological polar surface area (TPSA) is 64.6 Å². The van der Waals surface area contributed by atoms with E-state index in [2.05, 4.69) is 4.72 Å². The molecule has 0 spiro atoms. The van der Waals surface area contributed by atoms with Crippen LogP contribution in [0.2, 0.25) is 0 Å². The molecular weight excluding hydrogens is 314 g/mol. The first-order valence-corrected chi connectivity index (χ1v) is 8.72. The maximum absolute atomic E-state index is 12.2. The highest BCUT2D eigenvalue weighted by molar-refractivity contribution is 7.89. The van der Waals surface area contributed by atoms with Crippen LogP contribution in [0.1, 0.15) is 11.1 Å². The van der Waals surface area contributed by atoms with E-state index in [1.165, 1.54) is 0 Å². The van der Waals surface area contributed by atoms with E-state index >= 15 is 0 Å². The van der Waals surface area contributed by atoms with Crippen LogP contribution in [0.3, 0.4) is 0 Å². The van der Waals surface area contributed by atoms with Gasteiger partial charge in [-0.3, -0.25) is 0 Å². The highest BCUT2D eigenvalue weighted by atomic mass is 32.2. The molecule has 0 aliphatic carbocycles. The van der Waals surface area contributed by atoms with Crippen LogP contribution in [0.15, 0.2) is 47.4 Å². The Kier molecular flexibility index (Phi) is 5.63. The highest BCUT2D eigenvalue weighted by Gasteiger charge is 2.14. The van der Waals surface area contributed by atoms with Gasteiger partial charge < -0.3 is 9.47 Å². The Labute approximate surface area is 137 Å². The molecule has 6 heteroatoms. The van der Waals surface area contributed by atoms with Crippen molar-refractivity contribution in [2.75, 3.05) is 20.8 Å². The summed E-state index contributed by atoms with van der Waals surface area (Å²) >= 11 is 0. The molecule has 2 rings (SSSR count). The molecule has 2 aromatic carbocycles. The predicted molar refractivity (Wildman–Crippen MR) is 89.6 cm³/mol. The van der Waals surface area contributed by atoms with Crippen molar-refractivity contribution in [3.8, 4) is 11.5 Å². The van der Waals surface area contributed by atoms with Gasteiger partial charge in [0.2, 0.25) is 10.0 Å². The third-order valence-electron chi connectivity index (χ3n) is 3.54. The van der Waals surface area contributed by atoms with Crippen LogP contribution >= 0.6 is 0 Å². The van der Waals surface area contributed by atoms with Gasteiger partial charge in [0, 0.05) is 6.54 Å². The first-order valence-electron chi connectivity index (χ1n) is 7.24. The van der Waals surface area contributed by atoms with E-state index in [1.54, 1.807) is 44.6 Å². The molecule has 0 aliphatic heterocycles. The van der Waals surface area contributed by atoms with Crippen molar-refractivity contribution in [2.45, 2.75) is 18.2 Å². The summed E-state index contributed by atoms with van der Waals surface area (Å²) in [5.74, 6) is 1.48. The second kappa shape index (κ2) is 7.48. The minimum atomic E-state index is -3.50. The Balaban J connectivity index is 2.09. The standard InChI is InChI=1S/C17H21NO4S/c1-13-11-17(22-3)14(12-16(13)21-2)9-10-18-23(19,20)15-7-5-4-6-8-15/h4-8,11-12,18H,9-10H2,1-3H3. The van der Waals surface area contributed by atoms with E-state index in [0.717, 1.165) is 22.6 Å². The number of benzene rings is 2. The monoisotopic (exact) mass is 335 g/mol. The van der Waals surface area contributed by atoms with E-state index in [1.807, 2.05) is 19.1 Å². The molecule has 0 atom stereocenters. The lowest BCUT2D eigenvalue weighted by Gasteiger charge is -2.13. The van der Waals surface area contributed by atoms with Gasteiger partial charge in [-0.05, 0) is 48.7 Å². The fraction of sp³-hybridized carbons (Fsp3) is 0.294. The Bertz CT molecular complexity index is 758. The van der Waals surface area contributed by atoms with Gasteiger partial charge in [-0.25, -0.2) is 13.1 Å². The van der Waals surface area contributed by atoms with E-state index < -0.39 is 10.0 Å². The second-order valence-electron chi connectivity index (χ2n) is 5.09. The summed E-state index contributed by atoms with van der Waals surface area (Å²) in [6, 6.07) is 12.1. The van der Waals surface area contributed by atoms with Crippen molar-refractivity contribution in [3.63, 3.8) is 0 Å². The molecular formula is C17H21NO4S. The van der Waals surface area contributed by atoms with E-state index in [0.29, 0.717) is 6.42 Å². The third-order valence-corrected chi connectivity index (χ3v) is 5.01. The molecule has 23 heavy (non-hydrogen) atoms. The maximum Gasteiger partial charge on any atom is 0.240 e. The lowest BCUT2D eigenvalue weighted by molar-refractivity contribution is 0.396. The molecule has 0 aromatic heterocycles. The largest absolute Gasteiger partial charge is 0.496 e. The smallest absolute Gasteiger partial charge is 0.240 e. The van der Waals surface area contributed by atoms with E-state index in [9.17, 15) is 8.42 Å². The summed E-state index contributed by atoms with van der Waals surface area (Å²) in [4.78, 5) is 0.258. The number of methoxy groups -OCH3 is 2. The van der Waals surface area contributed by atoms with Gasteiger partial charge in [0.05, 0.1) is 19.1 Å². The van der Waals surface area contributed by atoms with E-state index in [-0.39, 0.29) is 11.4 Å². The molecule has 124 valence electrons. The number of hydrogen-bond donors (Lipinski definition) is 1. The van der Waals surface area contributed by atoms with Crippen molar-refractivity contribution >= 4 is 10.0 Å². The molecule has 1 N–H and O–H groups in total. The lowest BCUT2D eigenvalue weighted by atomic mass is 10.1. The minimum Gasteiger partial charge on any atom is -0.496 e. The summed E-state index contributed by atoms with van der Waals surface area (Å²) in [6.45, 7) is 2.21. The average molecular weight is 335 g/mol. The van der Waals surface area contributed by atoms with Crippen LogP contribution in [0, 0.1) is 6.92 Å². The van der Waals surface area contributed by atoms with Crippen molar-refractivity contribution in [1.82, 2.24) is 4.72 Å². The van der Waals surface area contributed by atoms with Gasteiger partial charge in [0.15, 0.2) is 0 Å². The molecule has 0 saturated carbocycles. The van der Waals surface area contributed by atoms with E-state index in [4.69, 9.17) is 9.47 Å². The lowest BCUT2D eigenvalue weighted by Crippen LogP contribution is -2.26. The Morgan fingerprint density at radius 1 is 1.00 bits per heavy atom. The number of hydrogen-bond acceptors (Lipinski definition) is 4. The fourth-order valence-electron chi connectivity index (χ4n) is 2.31. The first kappa shape index (κ1) is 17.3. The van der Waals surface area contributed by atoms with Crippen molar-refractivity contribution in [2.24, 2.45) is 0 Å². The number of nitrogens with one attached hydrogen (secondary N) is 1. The van der Waals surface area contributed by atoms with Crippen molar-refractivity contribution in [3.05, 3.63) is 53.6 Å². The van der Waals surface area contributed by atoms with Gasteiger partial charge in [-0.15, -0.1) is 0 Å². The SMILES string of the molecule is COc1cc(CCNS(=O)(=O)c2ccccc2)c(OC)cc1C. The normalized spacial score (nSPS) is 11.3. The maximum atomic E-state index is 12.2. The number of ether oxygens (including phenoxy) is 2. The van der Waals surface area contributed by atoms with Crippen LogP contribution in [0.4, 0.5) is 0 Å². The van der Waals surface area contributed by atoms with Crippen LogP contribution in [0.5, 0.6) is 11.5 Å². The van der Waals surface area contributed by atoms with Crippen molar-refractivity contribution < 1.29 is 17.9 Å². The first-order chi connectivity index (χ1) is 11.0. The van der Waals surface area contributed by atoms with Gasteiger partial charge in [-0.1, -0.05) is 18.2 Å². The Morgan fingerprint density at radius 3 is 2.26 bits per heavy atom. The predicted octanol–water partition coefficient (Wildman–Crippen LogP) is 2.53. The molecule has 2 aromatic rings. The zero-order valence-electron chi connectivity index (χ0n) is 13.5. The molecule has 0 saturated heterocycles. The van der Waals surface area contributed by atoms with Crippen LogP contribution in [0.25, 0.3) is 0 Å². The molecule has 0 heterocycles. The number of rotatable bonds is 7.